The van der Waals surface area contributed by atoms with Gasteiger partial charge in [0.2, 0.25) is 5.91 Å². The van der Waals surface area contributed by atoms with E-state index in [9.17, 15) is 14.0 Å². The van der Waals surface area contributed by atoms with E-state index in [-0.39, 0.29) is 16.7 Å². The zero-order valence-electron chi connectivity index (χ0n) is 17.6. The Hall–Kier alpha value is -2.92. The van der Waals surface area contributed by atoms with Crippen LogP contribution in [0, 0.1) is 5.82 Å². The van der Waals surface area contributed by atoms with Crippen molar-refractivity contribution in [2.75, 3.05) is 32.1 Å². The zero-order valence-corrected chi connectivity index (χ0v) is 19.2. The fraction of sp³-hybridized carbons (Fsp3) is 0.364. The lowest BCUT2D eigenvalue weighted by Gasteiger charge is -2.31. The first-order valence-electron chi connectivity index (χ1n) is 10.6. The lowest BCUT2D eigenvalue weighted by atomic mass is 9.97. The third-order valence-electron chi connectivity index (χ3n) is 5.63. The summed E-state index contributed by atoms with van der Waals surface area (Å²) in [4.78, 5) is 36.1. The molecule has 2 aliphatic heterocycles. The molecule has 0 bridgehead atoms. The number of ether oxygens (including phenoxy) is 2. The molecule has 11 heteroatoms. The van der Waals surface area contributed by atoms with E-state index in [1.807, 2.05) is 18.2 Å². The van der Waals surface area contributed by atoms with Crippen LogP contribution in [0.25, 0.3) is 11.3 Å². The molecule has 1 fully saturated rings. The van der Waals surface area contributed by atoms with Gasteiger partial charge in [-0.1, -0.05) is 11.8 Å². The minimum Gasteiger partial charge on any atom is -0.486 e. The van der Waals surface area contributed by atoms with Crippen molar-refractivity contribution >= 4 is 29.0 Å². The van der Waals surface area contributed by atoms with Gasteiger partial charge in [0, 0.05) is 30.0 Å². The fourth-order valence-electron chi connectivity index (χ4n) is 3.88. The molecule has 8 nitrogen and oxygen atoms in total. The van der Waals surface area contributed by atoms with Gasteiger partial charge >= 0.3 is 5.69 Å². The van der Waals surface area contributed by atoms with Crippen LogP contribution >= 0.6 is 23.1 Å². The second-order valence-corrected chi connectivity index (χ2v) is 9.61. The Morgan fingerprint density at radius 1 is 1.24 bits per heavy atom. The molecule has 0 unspecified atom stereocenters. The van der Waals surface area contributed by atoms with E-state index in [1.165, 1.54) is 0 Å². The Bertz CT molecular complexity index is 1220. The lowest BCUT2D eigenvalue weighted by molar-refractivity contribution is -0.129. The summed E-state index contributed by atoms with van der Waals surface area (Å²) < 4.78 is 25.0. The van der Waals surface area contributed by atoms with Gasteiger partial charge in [-0.25, -0.2) is 14.2 Å². The van der Waals surface area contributed by atoms with Gasteiger partial charge < -0.3 is 14.4 Å². The standard InChI is InChI=1S/C22H21FN4O4S2/c23-15-10-24-22(29)26-21(15)33-12-19(28)27-5-3-13(4-6-27)20-25-16(11-32-20)14-1-2-17-18(9-14)31-8-7-30-17/h1-2,9-11,13H,3-8,12H2,(H,24,26,29). The van der Waals surface area contributed by atoms with Gasteiger partial charge in [0.1, 0.15) is 18.2 Å². The number of fused-ring (bicyclic) bond motifs is 1. The molecule has 2 aromatic heterocycles. The molecule has 0 radical (unpaired) electrons. The summed E-state index contributed by atoms with van der Waals surface area (Å²) in [5, 5.41) is 3.16. The number of hydrogen-bond acceptors (Lipinski definition) is 8. The number of amides is 1. The highest BCUT2D eigenvalue weighted by Crippen LogP contribution is 2.37. The summed E-state index contributed by atoms with van der Waals surface area (Å²) in [7, 11) is 0. The summed E-state index contributed by atoms with van der Waals surface area (Å²) in [5.41, 5.74) is 1.27. The number of hydrogen-bond donors (Lipinski definition) is 1. The van der Waals surface area contributed by atoms with Gasteiger partial charge in [0.05, 0.1) is 22.7 Å². The van der Waals surface area contributed by atoms with E-state index in [1.54, 1.807) is 16.2 Å². The number of carbonyl (C=O) groups is 1. The number of benzene rings is 1. The summed E-state index contributed by atoms with van der Waals surface area (Å²) in [6.07, 6.45) is 2.51. The number of likely N-dealkylation sites (tertiary alicyclic amines) is 1. The van der Waals surface area contributed by atoms with E-state index < -0.39 is 11.5 Å². The number of nitrogens with zero attached hydrogens (tertiary/aromatic N) is 3. The fourth-order valence-corrected chi connectivity index (χ4v) is 5.68. The number of rotatable bonds is 5. The Labute approximate surface area is 197 Å². The summed E-state index contributed by atoms with van der Waals surface area (Å²) in [6.45, 7) is 2.36. The predicted molar refractivity (Wildman–Crippen MR) is 123 cm³/mol. The number of thiazole rings is 1. The minimum absolute atomic E-state index is 0.0349. The molecule has 1 aromatic carbocycles. The van der Waals surface area contributed by atoms with Gasteiger partial charge in [-0.15, -0.1) is 11.3 Å². The first kappa shape index (κ1) is 21.9. The summed E-state index contributed by atoms with van der Waals surface area (Å²) >= 11 is 2.62. The minimum atomic E-state index is -0.635. The molecule has 0 saturated carbocycles. The smallest absolute Gasteiger partial charge is 0.345 e. The predicted octanol–water partition coefficient (Wildman–Crippen LogP) is 3.30. The van der Waals surface area contributed by atoms with Crippen molar-refractivity contribution in [1.29, 1.82) is 0 Å². The normalized spacial score (nSPS) is 16.1. The van der Waals surface area contributed by atoms with Gasteiger partial charge in [-0.3, -0.25) is 9.78 Å². The Morgan fingerprint density at radius 3 is 2.85 bits per heavy atom. The van der Waals surface area contributed by atoms with Crippen LogP contribution in [0.4, 0.5) is 4.39 Å². The molecule has 33 heavy (non-hydrogen) atoms. The monoisotopic (exact) mass is 488 g/mol. The van der Waals surface area contributed by atoms with E-state index in [4.69, 9.17) is 14.5 Å². The third-order valence-corrected chi connectivity index (χ3v) is 7.61. The van der Waals surface area contributed by atoms with Crippen LogP contribution in [0.2, 0.25) is 0 Å². The van der Waals surface area contributed by atoms with Gasteiger partial charge in [0.25, 0.3) is 0 Å². The number of halogens is 1. The SMILES string of the molecule is O=C(CSc1[nH]c(=O)ncc1F)N1CCC(c2nc(-c3ccc4c(c3)OCCO4)cs2)CC1. The maximum Gasteiger partial charge on any atom is 0.345 e. The van der Waals surface area contributed by atoms with Crippen LogP contribution in [-0.2, 0) is 4.79 Å². The molecule has 1 saturated heterocycles. The Morgan fingerprint density at radius 2 is 2.03 bits per heavy atom. The number of nitrogens with one attached hydrogen (secondary N) is 1. The molecular weight excluding hydrogens is 467 g/mol. The van der Waals surface area contributed by atoms with E-state index in [0.29, 0.717) is 32.2 Å². The number of aromatic amines is 1. The van der Waals surface area contributed by atoms with E-state index in [2.05, 4.69) is 15.3 Å². The molecular formula is C22H21FN4O4S2. The Balaban J connectivity index is 1.17. The number of thioether (sulfide) groups is 1. The third kappa shape index (κ3) is 4.88. The van der Waals surface area contributed by atoms with Crippen molar-refractivity contribution in [2.24, 2.45) is 0 Å². The number of carbonyl (C=O) groups excluding carboxylic acids is 1. The highest BCUT2D eigenvalue weighted by atomic mass is 32.2. The van der Waals surface area contributed by atoms with Crippen molar-refractivity contribution < 1.29 is 18.7 Å². The van der Waals surface area contributed by atoms with Crippen LogP contribution < -0.4 is 15.2 Å². The Kier molecular flexibility index (Phi) is 6.32. The molecule has 0 spiro atoms. The second-order valence-electron chi connectivity index (χ2n) is 7.74. The van der Waals surface area contributed by atoms with Gasteiger partial charge in [-0.2, -0.15) is 4.98 Å². The average Bonchev–Trinajstić information content (AvgIpc) is 3.34. The second kappa shape index (κ2) is 9.52. The molecule has 2 aliphatic rings. The topological polar surface area (TPSA) is 97.4 Å². The zero-order chi connectivity index (χ0) is 22.8. The highest BCUT2D eigenvalue weighted by Gasteiger charge is 2.26. The van der Waals surface area contributed by atoms with Crippen LogP contribution in [0.1, 0.15) is 23.8 Å². The highest BCUT2D eigenvalue weighted by molar-refractivity contribution is 7.99. The van der Waals surface area contributed by atoms with Crippen molar-refractivity contribution in [3.8, 4) is 22.8 Å². The summed E-state index contributed by atoms with van der Waals surface area (Å²) in [6, 6.07) is 5.87. The molecule has 0 atom stereocenters. The number of piperidine rings is 1. The van der Waals surface area contributed by atoms with Crippen LogP contribution in [-0.4, -0.2) is 57.8 Å². The summed E-state index contributed by atoms with van der Waals surface area (Å²) in [5.74, 6) is 1.15. The number of aromatic nitrogens is 3. The molecule has 5 rings (SSSR count). The van der Waals surface area contributed by atoms with Crippen molar-refractivity contribution in [3.63, 3.8) is 0 Å². The maximum absolute atomic E-state index is 13.7. The molecule has 0 aliphatic carbocycles. The van der Waals surface area contributed by atoms with E-state index in [0.717, 1.165) is 58.6 Å². The number of H-pyrrole nitrogens is 1. The molecule has 172 valence electrons. The van der Waals surface area contributed by atoms with Crippen molar-refractivity contribution in [3.05, 3.63) is 51.1 Å². The average molecular weight is 489 g/mol. The van der Waals surface area contributed by atoms with Gasteiger partial charge in [0.15, 0.2) is 17.3 Å². The first-order valence-corrected chi connectivity index (χ1v) is 12.4. The quantitative estimate of drug-likeness (QED) is 0.435. The maximum atomic E-state index is 13.7. The van der Waals surface area contributed by atoms with Crippen LogP contribution in [0.5, 0.6) is 11.5 Å². The molecule has 3 aromatic rings. The van der Waals surface area contributed by atoms with Crippen molar-refractivity contribution in [2.45, 2.75) is 23.8 Å². The molecule has 1 amide bonds. The van der Waals surface area contributed by atoms with Crippen LogP contribution in [0.15, 0.2) is 39.6 Å². The van der Waals surface area contributed by atoms with Crippen LogP contribution in [0.3, 0.4) is 0 Å². The largest absolute Gasteiger partial charge is 0.486 e. The van der Waals surface area contributed by atoms with Gasteiger partial charge in [-0.05, 0) is 31.0 Å². The molecule has 1 N–H and O–H groups in total. The first-order chi connectivity index (χ1) is 16.1. The molecule has 4 heterocycles. The van der Waals surface area contributed by atoms with E-state index >= 15 is 0 Å². The lowest BCUT2D eigenvalue weighted by Crippen LogP contribution is -2.39. The van der Waals surface area contributed by atoms with Crippen molar-refractivity contribution in [1.82, 2.24) is 19.9 Å².